The van der Waals surface area contributed by atoms with Crippen LogP contribution in [0.1, 0.15) is 78.3 Å². The number of Topliss-reactive ketones (excluding diaryl/α,β-unsaturated/α-hetero) is 2. The molecule has 0 heterocycles. The second-order valence-corrected chi connectivity index (χ2v) is 9.36. The maximum atomic E-state index is 11.7. The first-order valence-corrected chi connectivity index (χ1v) is 12.9. The van der Waals surface area contributed by atoms with Crippen molar-refractivity contribution in [1.82, 2.24) is 0 Å². The highest BCUT2D eigenvalue weighted by molar-refractivity contribution is 5.95. The molecular formula is C36H30O4. The standard InChI is InChI=1S/C36H30O4/c1-25(37)31-15-6-27(7-16-31)4-5-30-14-20-33(19-10-29-11-21-34(22-12-29)36(39)40-3)35(24-30)23-13-28-8-17-32(18-9-28)26(2)38/h4-24H,1-3H3/b5-4+,19-10+,23-13+. The van der Waals surface area contributed by atoms with Crippen LogP contribution in [0.4, 0.5) is 0 Å². The fourth-order valence-corrected chi connectivity index (χ4v) is 4.06. The lowest BCUT2D eigenvalue weighted by Gasteiger charge is -2.05. The first kappa shape index (κ1) is 27.9. The molecule has 0 N–H and O–H groups in total. The third kappa shape index (κ3) is 7.49. The minimum absolute atomic E-state index is 0.0398. The number of ketones is 2. The van der Waals surface area contributed by atoms with Gasteiger partial charge in [0.05, 0.1) is 12.7 Å². The van der Waals surface area contributed by atoms with Crippen molar-refractivity contribution in [2.24, 2.45) is 0 Å². The Morgan fingerprint density at radius 3 is 1.30 bits per heavy atom. The molecule has 0 atom stereocenters. The van der Waals surface area contributed by atoms with Crippen molar-refractivity contribution in [2.75, 3.05) is 7.11 Å². The Morgan fingerprint density at radius 2 is 0.850 bits per heavy atom. The number of carbonyl (C=O) groups is 3. The molecule has 0 saturated carbocycles. The first-order chi connectivity index (χ1) is 19.3. The summed E-state index contributed by atoms with van der Waals surface area (Å²) in [4.78, 5) is 34.9. The van der Waals surface area contributed by atoms with E-state index in [9.17, 15) is 14.4 Å². The van der Waals surface area contributed by atoms with Gasteiger partial charge in [0, 0.05) is 11.1 Å². The molecule has 0 radical (unpaired) electrons. The summed E-state index contributed by atoms with van der Waals surface area (Å²) in [6.45, 7) is 3.12. The van der Waals surface area contributed by atoms with Gasteiger partial charge >= 0.3 is 5.97 Å². The quantitative estimate of drug-likeness (QED) is 0.125. The SMILES string of the molecule is COC(=O)c1ccc(/C=C/c2ccc(/C=C/c3ccc(C(C)=O)cc3)cc2/C=C/c2ccc(C(C)=O)cc2)cc1. The smallest absolute Gasteiger partial charge is 0.337 e. The molecule has 4 aromatic rings. The molecule has 0 spiro atoms. The molecule has 40 heavy (non-hydrogen) atoms. The van der Waals surface area contributed by atoms with Crippen LogP contribution in [0.5, 0.6) is 0 Å². The van der Waals surface area contributed by atoms with E-state index in [1.54, 1.807) is 26.0 Å². The maximum absolute atomic E-state index is 11.7. The number of ether oxygens (including phenoxy) is 1. The highest BCUT2D eigenvalue weighted by Gasteiger charge is 2.04. The van der Waals surface area contributed by atoms with Crippen LogP contribution in [0, 0.1) is 0 Å². The van der Waals surface area contributed by atoms with E-state index in [0.29, 0.717) is 16.7 Å². The summed E-state index contributed by atoms with van der Waals surface area (Å²) in [6.07, 6.45) is 12.2. The highest BCUT2D eigenvalue weighted by Crippen LogP contribution is 2.21. The van der Waals surface area contributed by atoms with Gasteiger partial charge in [-0.2, -0.15) is 0 Å². The van der Waals surface area contributed by atoms with Gasteiger partial charge in [-0.05, 0) is 65.4 Å². The predicted molar refractivity (Wildman–Crippen MR) is 164 cm³/mol. The highest BCUT2D eigenvalue weighted by atomic mass is 16.5. The number of hydrogen-bond acceptors (Lipinski definition) is 4. The van der Waals surface area contributed by atoms with Gasteiger partial charge in [0.1, 0.15) is 0 Å². The van der Waals surface area contributed by atoms with E-state index in [4.69, 9.17) is 4.74 Å². The van der Waals surface area contributed by atoms with Gasteiger partial charge < -0.3 is 4.74 Å². The molecule has 198 valence electrons. The van der Waals surface area contributed by atoms with Gasteiger partial charge in [-0.15, -0.1) is 0 Å². The number of hydrogen-bond donors (Lipinski definition) is 0. The summed E-state index contributed by atoms with van der Waals surface area (Å²) in [5.74, 6) is -0.276. The molecule has 4 aromatic carbocycles. The van der Waals surface area contributed by atoms with Crippen LogP contribution in [0.3, 0.4) is 0 Å². The Kier molecular flexibility index (Phi) is 9.16. The van der Waals surface area contributed by atoms with Crippen LogP contribution in [-0.2, 0) is 4.74 Å². The van der Waals surface area contributed by atoms with Crippen molar-refractivity contribution < 1.29 is 19.1 Å². The largest absolute Gasteiger partial charge is 0.465 e. The summed E-state index contributed by atoms with van der Waals surface area (Å²) in [5, 5.41) is 0. The molecule has 0 fully saturated rings. The molecule has 0 aromatic heterocycles. The number of esters is 1. The van der Waals surface area contributed by atoms with E-state index in [1.807, 2.05) is 91.0 Å². The molecule has 0 aliphatic heterocycles. The minimum Gasteiger partial charge on any atom is -0.465 e. The van der Waals surface area contributed by atoms with Gasteiger partial charge in [0.25, 0.3) is 0 Å². The second kappa shape index (κ2) is 13.1. The van der Waals surface area contributed by atoms with E-state index >= 15 is 0 Å². The minimum atomic E-state index is -0.363. The van der Waals surface area contributed by atoms with Crippen LogP contribution in [-0.4, -0.2) is 24.6 Å². The average Bonchev–Trinajstić information content (AvgIpc) is 2.98. The fraction of sp³-hybridized carbons (Fsp3) is 0.0833. The molecule has 4 nitrogen and oxygen atoms in total. The molecular weight excluding hydrogens is 496 g/mol. The van der Waals surface area contributed by atoms with Gasteiger partial charge in [0.15, 0.2) is 11.6 Å². The Balaban J connectivity index is 1.62. The Labute approximate surface area is 235 Å². The van der Waals surface area contributed by atoms with Gasteiger partial charge in [-0.1, -0.05) is 109 Å². The van der Waals surface area contributed by atoms with E-state index in [0.717, 1.165) is 33.4 Å². The lowest BCUT2D eigenvalue weighted by Crippen LogP contribution is -2.00. The van der Waals surface area contributed by atoms with Crippen LogP contribution < -0.4 is 0 Å². The average molecular weight is 527 g/mol. The molecule has 0 amide bonds. The van der Waals surface area contributed by atoms with E-state index < -0.39 is 0 Å². The summed E-state index contributed by atoms with van der Waals surface area (Å²) < 4.78 is 4.78. The van der Waals surface area contributed by atoms with Crippen molar-refractivity contribution in [2.45, 2.75) is 13.8 Å². The van der Waals surface area contributed by atoms with E-state index in [-0.39, 0.29) is 17.5 Å². The molecule has 0 bridgehead atoms. The van der Waals surface area contributed by atoms with Crippen LogP contribution in [0.25, 0.3) is 36.5 Å². The Bertz CT molecular complexity index is 1600. The molecule has 4 heteroatoms. The van der Waals surface area contributed by atoms with Crippen LogP contribution in [0.15, 0.2) is 91.0 Å². The zero-order valence-electron chi connectivity index (χ0n) is 22.8. The van der Waals surface area contributed by atoms with Crippen LogP contribution in [0.2, 0.25) is 0 Å². The molecule has 0 aliphatic rings. The second-order valence-electron chi connectivity index (χ2n) is 9.36. The fourth-order valence-electron chi connectivity index (χ4n) is 4.06. The van der Waals surface area contributed by atoms with Gasteiger partial charge in [-0.3, -0.25) is 9.59 Å². The number of benzene rings is 4. The zero-order chi connectivity index (χ0) is 28.5. The zero-order valence-corrected chi connectivity index (χ0v) is 22.8. The Morgan fingerprint density at radius 1 is 0.475 bits per heavy atom. The number of methoxy groups -OCH3 is 1. The summed E-state index contributed by atoms with van der Waals surface area (Å²) >= 11 is 0. The molecule has 0 aliphatic carbocycles. The maximum Gasteiger partial charge on any atom is 0.337 e. The lowest BCUT2D eigenvalue weighted by molar-refractivity contribution is 0.0600. The van der Waals surface area contributed by atoms with Crippen LogP contribution >= 0.6 is 0 Å². The van der Waals surface area contributed by atoms with Gasteiger partial charge in [0.2, 0.25) is 0 Å². The van der Waals surface area contributed by atoms with Crippen molar-refractivity contribution >= 4 is 54.0 Å². The monoisotopic (exact) mass is 526 g/mol. The summed E-state index contributed by atoms with van der Waals surface area (Å²) in [6, 6.07) is 28.5. The van der Waals surface area contributed by atoms with Crippen molar-refractivity contribution in [3.8, 4) is 0 Å². The van der Waals surface area contributed by atoms with Crippen molar-refractivity contribution in [3.05, 3.63) is 141 Å². The first-order valence-electron chi connectivity index (χ1n) is 12.9. The van der Waals surface area contributed by atoms with Gasteiger partial charge in [-0.25, -0.2) is 4.79 Å². The van der Waals surface area contributed by atoms with E-state index in [2.05, 4.69) is 24.3 Å². The number of carbonyl (C=O) groups excluding carboxylic acids is 3. The molecule has 0 saturated heterocycles. The van der Waals surface area contributed by atoms with Crippen molar-refractivity contribution in [1.29, 1.82) is 0 Å². The third-order valence-corrected chi connectivity index (χ3v) is 6.46. The molecule has 0 unspecified atom stereocenters. The summed E-state index contributed by atoms with van der Waals surface area (Å²) in [5.41, 5.74) is 7.91. The van der Waals surface area contributed by atoms with E-state index in [1.165, 1.54) is 7.11 Å². The Hall–Kier alpha value is -5.09. The van der Waals surface area contributed by atoms with Crippen molar-refractivity contribution in [3.63, 3.8) is 0 Å². The topological polar surface area (TPSA) is 60.4 Å². The summed E-state index contributed by atoms with van der Waals surface area (Å²) in [7, 11) is 1.37. The lowest BCUT2D eigenvalue weighted by atomic mass is 10.00. The number of rotatable bonds is 9. The third-order valence-electron chi connectivity index (χ3n) is 6.46. The predicted octanol–water partition coefficient (Wildman–Crippen LogP) is 8.39. The molecule has 4 rings (SSSR count). The normalized spacial score (nSPS) is 11.4.